The van der Waals surface area contributed by atoms with E-state index in [1.807, 2.05) is 32.9 Å². The van der Waals surface area contributed by atoms with Crippen LogP contribution in [0.5, 0.6) is 0 Å². The fraction of sp³-hybridized carbons (Fsp3) is 0.500. The Kier molecular flexibility index (Phi) is 4.06. The third-order valence-electron chi connectivity index (χ3n) is 2.73. The van der Waals surface area contributed by atoms with E-state index in [9.17, 15) is 4.79 Å². The monoisotopic (exact) mass is 245 g/mol. The molecule has 1 N–H and O–H groups in total. The van der Waals surface area contributed by atoms with Crippen molar-refractivity contribution >= 4 is 5.91 Å². The number of hydrogen-bond acceptors (Lipinski definition) is 4. The molecule has 0 aliphatic rings. The number of amides is 1. The Morgan fingerprint density at radius 2 is 2.17 bits per heavy atom. The van der Waals surface area contributed by atoms with Crippen molar-refractivity contribution in [3.05, 3.63) is 17.7 Å². The zero-order valence-corrected chi connectivity index (χ0v) is 10.7. The van der Waals surface area contributed by atoms with Gasteiger partial charge in [0.1, 0.15) is 18.7 Å². The molecule has 0 aliphatic heterocycles. The first-order valence-corrected chi connectivity index (χ1v) is 5.60. The van der Waals surface area contributed by atoms with Crippen molar-refractivity contribution in [3.8, 4) is 12.1 Å². The van der Waals surface area contributed by atoms with Crippen molar-refractivity contribution in [1.82, 2.24) is 14.9 Å². The van der Waals surface area contributed by atoms with Crippen LogP contribution in [0.2, 0.25) is 0 Å². The highest BCUT2D eigenvalue weighted by atomic mass is 16.2. The van der Waals surface area contributed by atoms with Gasteiger partial charge in [-0.2, -0.15) is 10.5 Å². The summed E-state index contributed by atoms with van der Waals surface area (Å²) in [6, 6.07) is 3.69. The van der Waals surface area contributed by atoms with Gasteiger partial charge in [-0.1, -0.05) is 6.92 Å². The molecule has 6 heteroatoms. The molecule has 0 radical (unpaired) electrons. The van der Waals surface area contributed by atoms with Crippen LogP contribution in [0.15, 0.2) is 6.33 Å². The first-order chi connectivity index (χ1) is 8.43. The number of nitriles is 2. The average Bonchev–Trinajstić information content (AvgIpc) is 2.70. The van der Waals surface area contributed by atoms with Gasteiger partial charge in [0.05, 0.1) is 6.33 Å². The Balaban J connectivity index is 2.81. The predicted octanol–water partition coefficient (Wildman–Crippen LogP) is 0.931. The highest BCUT2D eigenvalue weighted by Crippen LogP contribution is 2.08. The maximum atomic E-state index is 11.8. The maximum absolute atomic E-state index is 11.8. The zero-order chi connectivity index (χ0) is 13.8. The van der Waals surface area contributed by atoms with Crippen molar-refractivity contribution in [3.63, 3.8) is 0 Å². The molecular weight excluding hydrogens is 230 g/mol. The van der Waals surface area contributed by atoms with E-state index in [2.05, 4.69) is 10.3 Å². The third-order valence-corrected chi connectivity index (χ3v) is 2.73. The topological polar surface area (TPSA) is 94.5 Å². The van der Waals surface area contributed by atoms with E-state index in [0.717, 1.165) is 6.42 Å². The van der Waals surface area contributed by atoms with E-state index < -0.39 is 0 Å². The second-order valence-corrected chi connectivity index (χ2v) is 4.58. The van der Waals surface area contributed by atoms with Gasteiger partial charge in [0.25, 0.3) is 0 Å². The summed E-state index contributed by atoms with van der Waals surface area (Å²) < 4.78 is 1.37. The van der Waals surface area contributed by atoms with Crippen LogP contribution in [-0.2, 0) is 11.3 Å². The lowest BCUT2D eigenvalue weighted by Gasteiger charge is -2.24. The Morgan fingerprint density at radius 3 is 2.67 bits per heavy atom. The number of nitrogens with zero attached hydrogens (tertiary/aromatic N) is 4. The minimum atomic E-state index is -0.289. The second-order valence-electron chi connectivity index (χ2n) is 4.58. The molecule has 0 unspecified atom stereocenters. The molecule has 0 fully saturated rings. The summed E-state index contributed by atoms with van der Waals surface area (Å²) in [5, 5.41) is 20.5. The Labute approximate surface area is 106 Å². The van der Waals surface area contributed by atoms with Gasteiger partial charge in [-0.3, -0.25) is 4.79 Å². The van der Waals surface area contributed by atoms with Crippen LogP contribution in [0.25, 0.3) is 0 Å². The molecule has 6 nitrogen and oxygen atoms in total. The van der Waals surface area contributed by atoms with Crippen LogP contribution in [0.3, 0.4) is 0 Å². The van der Waals surface area contributed by atoms with Gasteiger partial charge in [0.2, 0.25) is 5.91 Å². The van der Waals surface area contributed by atoms with Crippen LogP contribution in [0, 0.1) is 22.7 Å². The standard InChI is InChI=1S/C12H15N5O/c1-4-12(2,3)16-11(18)7-17-8-15-9(5-13)10(17)6-14/h8H,4,7H2,1-3H3,(H,16,18). The fourth-order valence-corrected chi connectivity index (χ4v) is 1.36. The van der Waals surface area contributed by atoms with Gasteiger partial charge in [0, 0.05) is 5.54 Å². The van der Waals surface area contributed by atoms with Crippen molar-refractivity contribution in [1.29, 1.82) is 10.5 Å². The van der Waals surface area contributed by atoms with E-state index in [-0.39, 0.29) is 29.4 Å². The number of aromatic nitrogens is 2. The maximum Gasteiger partial charge on any atom is 0.240 e. The number of imidazole rings is 1. The van der Waals surface area contributed by atoms with Crippen LogP contribution in [-0.4, -0.2) is 21.0 Å². The summed E-state index contributed by atoms with van der Waals surface area (Å²) in [5.41, 5.74) is -0.135. The van der Waals surface area contributed by atoms with E-state index in [1.54, 1.807) is 0 Å². The number of carbonyl (C=O) groups excluding carboxylic acids is 1. The van der Waals surface area contributed by atoms with Gasteiger partial charge in [-0.15, -0.1) is 0 Å². The molecule has 18 heavy (non-hydrogen) atoms. The molecule has 0 aromatic carbocycles. The smallest absolute Gasteiger partial charge is 0.240 e. The molecule has 0 atom stereocenters. The lowest BCUT2D eigenvalue weighted by molar-refractivity contribution is -0.123. The average molecular weight is 245 g/mol. The molecule has 0 saturated carbocycles. The summed E-state index contributed by atoms with van der Waals surface area (Å²) in [6.07, 6.45) is 2.13. The molecule has 0 spiro atoms. The van der Waals surface area contributed by atoms with E-state index in [1.165, 1.54) is 10.9 Å². The summed E-state index contributed by atoms with van der Waals surface area (Å²) >= 11 is 0. The SMILES string of the molecule is CCC(C)(C)NC(=O)Cn1cnc(C#N)c1C#N. The van der Waals surface area contributed by atoms with Crippen LogP contribution in [0.1, 0.15) is 38.6 Å². The van der Waals surface area contributed by atoms with Crippen molar-refractivity contribution in [2.75, 3.05) is 0 Å². The molecule has 1 rings (SSSR count). The number of nitrogens with one attached hydrogen (secondary N) is 1. The number of carbonyl (C=O) groups is 1. The van der Waals surface area contributed by atoms with Gasteiger partial charge < -0.3 is 9.88 Å². The third kappa shape index (κ3) is 3.08. The van der Waals surface area contributed by atoms with Crippen LogP contribution in [0.4, 0.5) is 0 Å². The highest BCUT2D eigenvalue weighted by Gasteiger charge is 2.19. The highest BCUT2D eigenvalue weighted by molar-refractivity contribution is 5.76. The summed E-state index contributed by atoms with van der Waals surface area (Å²) in [5.74, 6) is -0.208. The predicted molar refractivity (Wildman–Crippen MR) is 64.2 cm³/mol. The Bertz CT molecular complexity index is 530. The zero-order valence-electron chi connectivity index (χ0n) is 10.7. The minimum absolute atomic E-state index is 0.0129. The molecule has 0 saturated heterocycles. The molecular formula is C12H15N5O. The summed E-state index contributed by atoms with van der Waals surface area (Å²) in [7, 11) is 0. The summed E-state index contributed by atoms with van der Waals surface area (Å²) in [6.45, 7) is 5.81. The van der Waals surface area contributed by atoms with E-state index in [0.29, 0.717) is 0 Å². The molecule has 0 aliphatic carbocycles. The quantitative estimate of drug-likeness (QED) is 0.853. The van der Waals surface area contributed by atoms with Crippen molar-refractivity contribution in [2.24, 2.45) is 0 Å². The largest absolute Gasteiger partial charge is 0.350 e. The van der Waals surface area contributed by atoms with Gasteiger partial charge in [-0.05, 0) is 20.3 Å². The van der Waals surface area contributed by atoms with Crippen molar-refractivity contribution in [2.45, 2.75) is 39.3 Å². The van der Waals surface area contributed by atoms with Gasteiger partial charge in [0.15, 0.2) is 11.4 Å². The molecule has 1 amide bonds. The van der Waals surface area contributed by atoms with Crippen LogP contribution < -0.4 is 5.32 Å². The Hall–Kier alpha value is -2.34. The van der Waals surface area contributed by atoms with Crippen molar-refractivity contribution < 1.29 is 4.79 Å². The normalized spacial score (nSPS) is 10.5. The van der Waals surface area contributed by atoms with Gasteiger partial charge in [-0.25, -0.2) is 4.98 Å². The molecule has 0 bridgehead atoms. The first kappa shape index (κ1) is 13.7. The summed E-state index contributed by atoms with van der Waals surface area (Å²) in [4.78, 5) is 15.6. The lowest BCUT2D eigenvalue weighted by atomic mass is 10.0. The molecule has 94 valence electrons. The molecule has 1 aromatic heterocycles. The second kappa shape index (κ2) is 5.33. The first-order valence-electron chi connectivity index (χ1n) is 5.60. The molecule has 1 aromatic rings. The number of rotatable bonds is 4. The molecule has 1 heterocycles. The lowest BCUT2D eigenvalue weighted by Crippen LogP contribution is -2.44. The fourth-order valence-electron chi connectivity index (χ4n) is 1.36. The Morgan fingerprint density at radius 1 is 1.50 bits per heavy atom. The minimum Gasteiger partial charge on any atom is -0.350 e. The number of hydrogen-bond donors (Lipinski definition) is 1. The van der Waals surface area contributed by atoms with E-state index >= 15 is 0 Å². The van der Waals surface area contributed by atoms with Gasteiger partial charge >= 0.3 is 0 Å². The van der Waals surface area contributed by atoms with Crippen LogP contribution >= 0.6 is 0 Å². The van der Waals surface area contributed by atoms with E-state index in [4.69, 9.17) is 10.5 Å².